The second-order valence-corrected chi connectivity index (χ2v) is 7.59. The molecule has 0 saturated carbocycles. The first-order chi connectivity index (χ1) is 14.4. The summed E-state index contributed by atoms with van der Waals surface area (Å²) in [5, 5.41) is 2.96. The van der Waals surface area contributed by atoms with Crippen molar-refractivity contribution in [1.29, 1.82) is 0 Å². The summed E-state index contributed by atoms with van der Waals surface area (Å²) in [5.41, 5.74) is 2.33. The predicted molar refractivity (Wildman–Crippen MR) is 116 cm³/mol. The summed E-state index contributed by atoms with van der Waals surface area (Å²) < 4.78 is 10.1. The summed E-state index contributed by atoms with van der Waals surface area (Å²) in [6, 6.07) is 15.1. The van der Waals surface area contributed by atoms with Crippen LogP contribution in [-0.2, 0) is 11.3 Å². The van der Waals surface area contributed by atoms with Crippen LogP contribution in [0.5, 0.6) is 5.75 Å². The second kappa shape index (κ2) is 9.63. The Kier molecular flexibility index (Phi) is 6.95. The highest BCUT2D eigenvalue weighted by atomic mass is 16.5. The topological polar surface area (TPSA) is 71.1 Å². The SMILES string of the molecule is COC(=O)c1ccc(CN2[C@H](C)CN(C(=O)Nc3ccccc3OC)C[C@@H]2C)cc1. The Bertz CT molecular complexity index is 872. The van der Waals surface area contributed by atoms with Gasteiger partial charge in [0.2, 0.25) is 0 Å². The molecule has 0 aliphatic carbocycles. The number of benzene rings is 2. The lowest BCUT2D eigenvalue weighted by Gasteiger charge is -2.44. The van der Waals surface area contributed by atoms with Crippen LogP contribution in [0.15, 0.2) is 48.5 Å². The van der Waals surface area contributed by atoms with E-state index in [1.54, 1.807) is 19.2 Å². The third-order valence-electron chi connectivity index (χ3n) is 5.48. The molecule has 30 heavy (non-hydrogen) atoms. The smallest absolute Gasteiger partial charge is 0.337 e. The fraction of sp³-hybridized carbons (Fsp3) is 0.391. The van der Waals surface area contributed by atoms with E-state index in [4.69, 9.17) is 9.47 Å². The number of anilines is 1. The number of hydrogen-bond acceptors (Lipinski definition) is 5. The number of ether oxygens (including phenoxy) is 2. The van der Waals surface area contributed by atoms with Crippen molar-refractivity contribution in [2.24, 2.45) is 0 Å². The normalized spacial score (nSPS) is 19.3. The molecule has 0 unspecified atom stereocenters. The second-order valence-electron chi connectivity index (χ2n) is 7.59. The number of nitrogens with zero attached hydrogens (tertiary/aromatic N) is 2. The molecule has 1 saturated heterocycles. The van der Waals surface area contributed by atoms with E-state index in [1.807, 2.05) is 41.3 Å². The lowest BCUT2D eigenvalue weighted by molar-refractivity contribution is 0.0525. The Morgan fingerprint density at radius 3 is 2.23 bits per heavy atom. The van der Waals surface area contributed by atoms with Crippen LogP contribution in [0.2, 0.25) is 0 Å². The zero-order valence-corrected chi connectivity index (χ0v) is 17.9. The number of urea groups is 1. The Hall–Kier alpha value is -3.06. The molecule has 0 spiro atoms. The van der Waals surface area contributed by atoms with Gasteiger partial charge in [-0.3, -0.25) is 4.90 Å². The zero-order valence-electron chi connectivity index (χ0n) is 17.9. The van der Waals surface area contributed by atoms with Gasteiger partial charge in [-0.05, 0) is 43.7 Å². The van der Waals surface area contributed by atoms with Crippen LogP contribution in [0.4, 0.5) is 10.5 Å². The fourth-order valence-electron chi connectivity index (χ4n) is 3.85. The Morgan fingerprint density at radius 1 is 1.00 bits per heavy atom. The van der Waals surface area contributed by atoms with Crippen molar-refractivity contribution in [2.75, 3.05) is 32.6 Å². The molecule has 0 bridgehead atoms. The molecule has 7 heteroatoms. The quantitative estimate of drug-likeness (QED) is 0.761. The van der Waals surface area contributed by atoms with Crippen molar-refractivity contribution in [2.45, 2.75) is 32.5 Å². The summed E-state index contributed by atoms with van der Waals surface area (Å²) in [6.45, 7) is 6.27. The van der Waals surface area contributed by atoms with Crippen molar-refractivity contribution in [3.63, 3.8) is 0 Å². The van der Waals surface area contributed by atoms with E-state index in [1.165, 1.54) is 7.11 Å². The third-order valence-corrected chi connectivity index (χ3v) is 5.48. The van der Waals surface area contributed by atoms with Crippen LogP contribution in [0.1, 0.15) is 29.8 Å². The molecule has 2 amide bonds. The van der Waals surface area contributed by atoms with E-state index in [0.29, 0.717) is 30.1 Å². The lowest BCUT2D eigenvalue weighted by atomic mass is 10.1. The first-order valence-electron chi connectivity index (χ1n) is 10.0. The standard InChI is InChI=1S/C23H29N3O4/c1-16-13-25(23(28)24-20-7-5-6-8-21(20)29-3)14-17(2)26(16)15-18-9-11-19(12-10-18)22(27)30-4/h5-12,16-17H,13-15H2,1-4H3,(H,24,28)/t16-,17+. The van der Waals surface area contributed by atoms with Gasteiger partial charge in [0.1, 0.15) is 5.75 Å². The van der Waals surface area contributed by atoms with Crippen molar-refractivity contribution in [3.05, 3.63) is 59.7 Å². The van der Waals surface area contributed by atoms with Crippen LogP contribution >= 0.6 is 0 Å². The van der Waals surface area contributed by atoms with E-state index in [9.17, 15) is 9.59 Å². The highest BCUT2D eigenvalue weighted by molar-refractivity contribution is 5.91. The number of amides is 2. The van der Waals surface area contributed by atoms with Crippen LogP contribution in [0.3, 0.4) is 0 Å². The van der Waals surface area contributed by atoms with Crippen LogP contribution < -0.4 is 10.1 Å². The van der Waals surface area contributed by atoms with Gasteiger partial charge >= 0.3 is 12.0 Å². The van der Waals surface area contributed by atoms with Crippen LogP contribution in [0, 0.1) is 0 Å². The zero-order chi connectivity index (χ0) is 21.7. The maximum atomic E-state index is 12.8. The maximum Gasteiger partial charge on any atom is 0.337 e. The van der Waals surface area contributed by atoms with Gasteiger partial charge in [-0.2, -0.15) is 0 Å². The van der Waals surface area contributed by atoms with Gasteiger partial charge in [0.15, 0.2) is 0 Å². The van der Waals surface area contributed by atoms with Gasteiger partial charge in [0.25, 0.3) is 0 Å². The minimum atomic E-state index is -0.335. The van der Waals surface area contributed by atoms with Gasteiger partial charge in [-0.25, -0.2) is 9.59 Å². The number of methoxy groups -OCH3 is 2. The minimum Gasteiger partial charge on any atom is -0.495 e. The molecular weight excluding hydrogens is 382 g/mol. The molecule has 1 fully saturated rings. The van der Waals surface area contributed by atoms with Crippen molar-refractivity contribution < 1.29 is 19.1 Å². The third kappa shape index (κ3) is 4.91. The summed E-state index contributed by atoms with van der Waals surface area (Å²) in [6.07, 6.45) is 0. The molecule has 1 aliphatic heterocycles. The van der Waals surface area contributed by atoms with E-state index in [-0.39, 0.29) is 24.1 Å². The summed E-state index contributed by atoms with van der Waals surface area (Å²) >= 11 is 0. The number of hydrogen-bond donors (Lipinski definition) is 1. The number of para-hydroxylation sites is 2. The largest absolute Gasteiger partial charge is 0.495 e. The molecule has 2 aromatic rings. The average Bonchev–Trinajstić information content (AvgIpc) is 2.76. The molecule has 3 rings (SSSR count). The van der Waals surface area contributed by atoms with E-state index in [2.05, 4.69) is 24.1 Å². The number of carbonyl (C=O) groups is 2. The van der Waals surface area contributed by atoms with E-state index < -0.39 is 0 Å². The predicted octanol–water partition coefficient (Wildman–Crippen LogP) is 3.61. The number of piperazine rings is 1. The highest BCUT2D eigenvalue weighted by Gasteiger charge is 2.32. The molecule has 1 aliphatic rings. The Morgan fingerprint density at radius 2 is 1.63 bits per heavy atom. The summed E-state index contributed by atoms with van der Waals surface area (Å²) in [4.78, 5) is 28.6. The number of carbonyl (C=O) groups excluding carboxylic acids is 2. The van der Waals surface area contributed by atoms with Gasteiger partial charge in [-0.1, -0.05) is 24.3 Å². The maximum absolute atomic E-state index is 12.8. The molecular formula is C23H29N3O4. The minimum absolute atomic E-state index is 0.125. The van der Waals surface area contributed by atoms with Crippen molar-refractivity contribution >= 4 is 17.7 Å². The molecule has 2 atom stereocenters. The average molecular weight is 412 g/mol. The summed E-state index contributed by atoms with van der Waals surface area (Å²) in [7, 11) is 2.97. The molecule has 160 valence electrons. The highest BCUT2D eigenvalue weighted by Crippen LogP contribution is 2.25. The van der Waals surface area contributed by atoms with Gasteiger partial charge in [0.05, 0.1) is 25.5 Å². The molecule has 2 aromatic carbocycles. The lowest BCUT2D eigenvalue weighted by Crippen LogP contribution is -2.58. The van der Waals surface area contributed by atoms with Gasteiger partial charge in [-0.15, -0.1) is 0 Å². The molecule has 0 radical (unpaired) electrons. The van der Waals surface area contributed by atoms with Gasteiger partial charge in [0, 0.05) is 31.7 Å². The van der Waals surface area contributed by atoms with Crippen LogP contribution in [-0.4, -0.2) is 61.2 Å². The monoisotopic (exact) mass is 411 g/mol. The molecule has 7 nitrogen and oxygen atoms in total. The first kappa shape index (κ1) is 21.6. The number of esters is 1. The first-order valence-corrected chi connectivity index (χ1v) is 10.0. The number of nitrogens with one attached hydrogen (secondary N) is 1. The summed E-state index contributed by atoms with van der Waals surface area (Å²) in [5.74, 6) is 0.305. The molecule has 1 N–H and O–H groups in total. The fourth-order valence-corrected chi connectivity index (χ4v) is 3.85. The van der Waals surface area contributed by atoms with E-state index >= 15 is 0 Å². The van der Waals surface area contributed by atoms with Crippen molar-refractivity contribution in [3.8, 4) is 5.75 Å². The van der Waals surface area contributed by atoms with Crippen molar-refractivity contribution in [1.82, 2.24) is 9.80 Å². The number of rotatable bonds is 5. The molecule has 1 heterocycles. The van der Waals surface area contributed by atoms with Crippen LogP contribution in [0.25, 0.3) is 0 Å². The van der Waals surface area contributed by atoms with Gasteiger partial charge < -0.3 is 19.7 Å². The Balaban J connectivity index is 1.62. The van der Waals surface area contributed by atoms with E-state index in [0.717, 1.165) is 12.1 Å². The Labute approximate surface area is 177 Å². The molecule has 0 aromatic heterocycles.